The Labute approximate surface area is 360 Å². The van der Waals surface area contributed by atoms with E-state index in [-0.39, 0.29) is 5.41 Å². The maximum Gasteiger partial charge on any atom is 0.0720 e. The molecule has 3 aliphatic carbocycles. The summed E-state index contributed by atoms with van der Waals surface area (Å²) in [7, 11) is 2.17. The van der Waals surface area contributed by atoms with Gasteiger partial charge in [-0.05, 0) is 102 Å². The maximum absolute atomic E-state index is 2.45. The largest absolute Gasteiger partial charge is 0.345 e. The zero-order valence-electron chi connectivity index (χ0n) is 34.9. The standard InChI is InChI=1S/C45H33N.C15H14/c1-46(34-21-9-4-10-22-34)35-29-30-37-36-23-11-12-24-38(36)45(43(37)31-35)41-27-15-13-25-39(41)44(32-17-5-2-6-18-32,33-19-7-3-8-20-33)40-26-14-16-28-42(40)45;1-15(2)13-9-5-3-7-11(13)12-8-4-6-10-14(12)15/h2-31H,1H3;3-10H,1-2H3. The van der Waals surface area contributed by atoms with Gasteiger partial charge >= 0.3 is 0 Å². The molecule has 1 heteroatoms. The van der Waals surface area contributed by atoms with Crippen molar-refractivity contribution in [2.75, 3.05) is 11.9 Å². The Bertz CT molecular complexity index is 2930. The van der Waals surface area contributed by atoms with Crippen molar-refractivity contribution in [2.45, 2.75) is 30.1 Å². The highest BCUT2D eigenvalue weighted by molar-refractivity contribution is 5.91. The monoisotopic (exact) mass is 781 g/mol. The van der Waals surface area contributed by atoms with Gasteiger partial charge < -0.3 is 4.90 Å². The molecule has 0 saturated heterocycles. The molecule has 0 radical (unpaired) electrons. The summed E-state index contributed by atoms with van der Waals surface area (Å²) in [5.41, 5.74) is 20.4. The molecule has 0 unspecified atom stereocenters. The van der Waals surface area contributed by atoms with E-state index in [2.05, 4.69) is 256 Å². The van der Waals surface area contributed by atoms with Crippen LogP contribution >= 0.6 is 0 Å². The van der Waals surface area contributed by atoms with Gasteiger partial charge in [0.05, 0.1) is 10.8 Å². The summed E-state index contributed by atoms with van der Waals surface area (Å²) in [6.45, 7) is 4.61. The van der Waals surface area contributed by atoms with Gasteiger partial charge in [-0.25, -0.2) is 0 Å². The van der Waals surface area contributed by atoms with Crippen LogP contribution in [0.3, 0.4) is 0 Å². The van der Waals surface area contributed by atoms with Crippen molar-refractivity contribution in [3.63, 3.8) is 0 Å². The first-order chi connectivity index (χ1) is 30.0. The van der Waals surface area contributed by atoms with Gasteiger partial charge in [0.1, 0.15) is 0 Å². The first-order valence-corrected chi connectivity index (χ1v) is 21.5. The summed E-state index contributed by atoms with van der Waals surface area (Å²) in [6, 6.07) is 84.9. The number of hydrogen-bond acceptors (Lipinski definition) is 1. The van der Waals surface area contributed by atoms with Crippen LogP contribution in [0.15, 0.2) is 231 Å². The fraction of sp³-hybridized carbons (Fsp3) is 0.100. The zero-order chi connectivity index (χ0) is 41.2. The highest BCUT2D eigenvalue weighted by Crippen LogP contribution is 2.64. The van der Waals surface area contributed by atoms with Gasteiger partial charge in [-0.15, -0.1) is 0 Å². The number of rotatable bonds is 4. The third-order valence-corrected chi connectivity index (χ3v) is 13.9. The van der Waals surface area contributed by atoms with Crippen molar-refractivity contribution < 1.29 is 0 Å². The van der Waals surface area contributed by atoms with Crippen LogP contribution in [-0.2, 0) is 16.2 Å². The van der Waals surface area contributed by atoms with Crippen LogP contribution in [0.5, 0.6) is 0 Å². The Hall–Kier alpha value is -7.22. The summed E-state index contributed by atoms with van der Waals surface area (Å²) >= 11 is 0. The lowest BCUT2D eigenvalue weighted by molar-refractivity contribution is 0.623. The van der Waals surface area contributed by atoms with Gasteiger partial charge in [0, 0.05) is 23.8 Å². The van der Waals surface area contributed by atoms with Crippen molar-refractivity contribution in [2.24, 2.45) is 0 Å². The molecule has 292 valence electrons. The quantitative estimate of drug-likeness (QED) is 0.172. The minimum atomic E-state index is -0.489. The molecule has 0 bridgehead atoms. The SMILES string of the molecule is CC1(C)c2ccccc2-c2ccccc21.CN(c1ccccc1)c1ccc2c(c1)C1(c3ccccc3-2)c2ccccc2C(c2ccccc2)(c2ccccc2)c2ccccc21. The van der Waals surface area contributed by atoms with E-state index >= 15 is 0 Å². The van der Waals surface area contributed by atoms with E-state index in [1.807, 2.05) is 0 Å². The molecule has 1 spiro atoms. The molecule has 3 aliphatic rings. The molecule has 9 aromatic rings. The van der Waals surface area contributed by atoms with E-state index in [1.54, 1.807) is 0 Å². The van der Waals surface area contributed by atoms with Gasteiger partial charge in [-0.2, -0.15) is 0 Å². The van der Waals surface area contributed by atoms with Crippen LogP contribution in [0.25, 0.3) is 22.3 Å². The summed E-state index contributed by atoms with van der Waals surface area (Å²) in [5, 5.41) is 0. The first-order valence-electron chi connectivity index (χ1n) is 21.5. The Morgan fingerprint density at radius 1 is 0.279 bits per heavy atom. The fourth-order valence-corrected chi connectivity index (χ4v) is 11.3. The van der Waals surface area contributed by atoms with E-state index in [0.29, 0.717) is 0 Å². The second-order valence-corrected chi connectivity index (χ2v) is 17.2. The Morgan fingerprint density at radius 3 is 1.10 bits per heavy atom. The highest BCUT2D eigenvalue weighted by atomic mass is 15.1. The lowest BCUT2D eigenvalue weighted by Gasteiger charge is -2.50. The van der Waals surface area contributed by atoms with Gasteiger partial charge in [0.2, 0.25) is 0 Å². The normalized spacial score (nSPS) is 14.9. The topological polar surface area (TPSA) is 3.24 Å². The molecule has 0 N–H and O–H groups in total. The van der Waals surface area contributed by atoms with Crippen LogP contribution in [-0.4, -0.2) is 7.05 Å². The lowest BCUT2D eigenvalue weighted by atomic mass is 9.51. The second-order valence-electron chi connectivity index (χ2n) is 17.2. The van der Waals surface area contributed by atoms with Crippen LogP contribution < -0.4 is 4.90 Å². The molecule has 0 fully saturated rings. The Kier molecular flexibility index (Phi) is 8.58. The molecular weight excluding hydrogens is 735 g/mol. The number of fused-ring (bicyclic) bond motifs is 12. The smallest absolute Gasteiger partial charge is 0.0720 e. The number of para-hydroxylation sites is 1. The molecule has 1 nitrogen and oxygen atoms in total. The molecule has 0 amide bonds. The maximum atomic E-state index is 2.45. The molecule has 0 saturated carbocycles. The molecule has 0 heterocycles. The molecule has 0 atom stereocenters. The number of benzene rings is 9. The van der Waals surface area contributed by atoms with E-state index in [9.17, 15) is 0 Å². The predicted octanol–water partition coefficient (Wildman–Crippen LogP) is 14.5. The van der Waals surface area contributed by atoms with Crippen molar-refractivity contribution in [3.8, 4) is 22.3 Å². The van der Waals surface area contributed by atoms with Crippen LogP contribution in [0.2, 0.25) is 0 Å². The molecular formula is C60H47N. The van der Waals surface area contributed by atoms with Gasteiger partial charge in [0.15, 0.2) is 0 Å². The van der Waals surface area contributed by atoms with E-state index in [0.717, 1.165) is 0 Å². The van der Waals surface area contributed by atoms with Crippen molar-refractivity contribution in [1.29, 1.82) is 0 Å². The average Bonchev–Trinajstić information content (AvgIpc) is 3.75. The Balaban J connectivity index is 0.000000235. The van der Waals surface area contributed by atoms with Crippen molar-refractivity contribution in [3.05, 3.63) is 286 Å². The molecule has 0 aromatic heterocycles. The van der Waals surface area contributed by atoms with Gasteiger partial charge in [0.25, 0.3) is 0 Å². The van der Waals surface area contributed by atoms with Gasteiger partial charge in [-0.3, -0.25) is 0 Å². The summed E-state index contributed by atoms with van der Waals surface area (Å²) in [5.74, 6) is 0. The number of anilines is 2. The van der Waals surface area contributed by atoms with Crippen LogP contribution in [0.1, 0.15) is 69.5 Å². The molecule has 61 heavy (non-hydrogen) atoms. The molecule has 9 aromatic carbocycles. The van der Waals surface area contributed by atoms with E-state index in [4.69, 9.17) is 0 Å². The predicted molar refractivity (Wildman–Crippen MR) is 254 cm³/mol. The third-order valence-electron chi connectivity index (χ3n) is 13.9. The van der Waals surface area contributed by atoms with Crippen LogP contribution in [0.4, 0.5) is 11.4 Å². The van der Waals surface area contributed by atoms with E-state index in [1.165, 1.54) is 89.3 Å². The summed E-state index contributed by atoms with van der Waals surface area (Å²) in [6.07, 6.45) is 0. The minimum absolute atomic E-state index is 0.160. The second kappa shape index (κ2) is 14.2. The highest BCUT2D eigenvalue weighted by Gasteiger charge is 2.56. The summed E-state index contributed by atoms with van der Waals surface area (Å²) < 4.78 is 0. The fourth-order valence-electron chi connectivity index (χ4n) is 11.3. The summed E-state index contributed by atoms with van der Waals surface area (Å²) in [4.78, 5) is 2.30. The van der Waals surface area contributed by atoms with Crippen molar-refractivity contribution >= 4 is 11.4 Å². The molecule has 0 aliphatic heterocycles. The number of hydrogen-bond donors (Lipinski definition) is 0. The lowest BCUT2D eigenvalue weighted by Crippen LogP contribution is -2.44. The van der Waals surface area contributed by atoms with Gasteiger partial charge in [-0.1, -0.05) is 220 Å². The third kappa shape index (κ3) is 5.26. The van der Waals surface area contributed by atoms with E-state index < -0.39 is 10.8 Å². The zero-order valence-corrected chi connectivity index (χ0v) is 34.9. The first kappa shape index (κ1) is 36.8. The number of nitrogens with zero attached hydrogens (tertiary/aromatic N) is 1. The average molecular weight is 782 g/mol. The molecule has 12 rings (SSSR count). The minimum Gasteiger partial charge on any atom is -0.345 e. The van der Waals surface area contributed by atoms with Crippen molar-refractivity contribution in [1.82, 2.24) is 0 Å². The van der Waals surface area contributed by atoms with Crippen LogP contribution in [0, 0.1) is 0 Å². The Morgan fingerprint density at radius 2 is 0.623 bits per heavy atom.